The zero-order chi connectivity index (χ0) is 20.1. The molecule has 3 nitrogen and oxygen atoms in total. The fourth-order valence-corrected chi connectivity index (χ4v) is 4.74. The topological polar surface area (TPSA) is 29.5 Å². The van der Waals surface area contributed by atoms with Crippen molar-refractivity contribution in [2.24, 2.45) is 11.8 Å². The molecule has 0 saturated carbocycles. The lowest BCUT2D eigenvalue weighted by Gasteiger charge is -2.43. The lowest BCUT2D eigenvalue weighted by atomic mass is 9.79. The highest BCUT2D eigenvalue weighted by molar-refractivity contribution is 5.83. The first kappa shape index (κ1) is 21.3. The molecule has 0 amide bonds. The molecule has 0 N–H and O–H groups in total. The van der Waals surface area contributed by atoms with Crippen molar-refractivity contribution in [2.45, 2.75) is 71.8 Å². The van der Waals surface area contributed by atoms with Gasteiger partial charge in [-0.25, -0.2) is 0 Å². The van der Waals surface area contributed by atoms with E-state index in [2.05, 4.69) is 37.8 Å². The summed E-state index contributed by atoms with van der Waals surface area (Å²) in [5, 5.41) is 0. The number of carbonyl (C=O) groups is 1. The molecule has 1 fully saturated rings. The molecule has 0 spiro atoms. The Morgan fingerprint density at radius 3 is 2.82 bits per heavy atom. The SMILES string of the molecule is CCCCc1cc2c(cc1OCCCF)CCN1CC(CC(C)C)C(=O)CC21. The minimum atomic E-state index is -0.341. The summed E-state index contributed by atoms with van der Waals surface area (Å²) in [5.74, 6) is 2.11. The van der Waals surface area contributed by atoms with Crippen LogP contribution >= 0.6 is 0 Å². The summed E-state index contributed by atoms with van der Waals surface area (Å²) >= 11 is 0. The largest absolute Gasteiger partial charge is 0.493 e. The minimum absolute atomic E-state index is 0.195. The van der Waals surface area contributed by atoms with Gasteiger partial charge in [-0.2, -0.15) is 0 Å². The maximum absolute atomic E-state index is 12.8. The highest BCUT2D eigenvalue weighted by Gasteiger charge is 2.38. The van der Waals surface area contributed by atoms with E-state index in [0.29, 0.717) is 31.1 Å². The third-order valence-corrected chi connectivity index (χ3v) is 6.19. The molecule has 0 bridgehead atoms. The molecule has 1 aromatic carbocycles. The minimum Gasteiger partial charge on any atom is -0.493 e. The summed E-state index contributed by atoms with van der Waals surface area (Å²) in [6, 6.07) is 4.70. The first-order chi connectivity index (χ1) is 13.5. The van der Waals surface area contributed by atoms with Gasteiger partial charge in [0.15, 0.2) is 0 Å². The summed E-state index contributed by atoms with van der Waals surface area (Å²) in [4.78, 5) is 15.3. The van der Waals surface area contributed by atoms with Crippen molar-refractivity contribution in [3.05, 3.63) is 28.8 Å². The number of benzene rings is 1. The summed E-state index contributed by atoms with van der Waals surface area (Å²) in [5.41, 5.74) is 3.86. The van der Waals surface area contributed by atoms with E-state index in [1.54, 1.807) is 0 Å². The van der Waals surface area contributed by atoms with Crippen molar-refractivity contribution in [3.8, 4) is 5.75 Å². The maximum atomic E-state index is 12.8. The molecule has 0 aromatic heterocycles. The summed E-state index contributed by atoms with van der Waals surface area (Å²) in [6.45, 7) is 8.60. The Labute approximate surface area is 169 Å². The van der Waals surface area contributed by atoms with Gasteiger partial charge in [0, 0.05) is 37.9 Å². The van der Waals surface area contributed by atoms with Crippen LogP contribution in [0, 0.1) is 11.8 Å². The number of nitrogens with zero attached hydrogens (tertiary/aromatic N) is 1. The van der Waals surface area contributed by atoms with E-state index in [1.165, 1.54) is 16.7 Å². The quantitative estimate of drug-likeness (QED) is 0.537. The van der Waals surface area contributed by atoms with E-state index in [0.717, 1.165) is 50.9 Å². The number of rotatable bonds is 9. The number of hydrogen-bond acceptors (Lipinski definition) is 3. The molecule has 156 valence electrons. The normalized spacial score (nSPS) is 22.2. The number of halogens is 1. The van der Waals surface area contributed by atoms with Crippen LogP contribution < -0.4 is 4.74 Å². The van der Waals surface area contributed by atoms with Gasteiger partial charge in [-0.1, -0.05) is 33.3 Å². The van der Waals surface area contributed by atoms with Gasteiger partial charge in [0.1, 0.15) is 11.5 Å². The van der Waals surface area contributed by atoms with Gasteiger partial charge in [-0.05, 0) is 54.4 Å². The monoisotopic (exact) mass is 389 g/mol. The van der Waals surface area contributed by atoms with E-state index >= 15 is 0 Å². The van der Waals surface area contributed by atoms with Crippen LogP contribution in [0.1, 0.15) is 75.6 Å². The van der Waals surface area contributed by atoms with Crippen LogP contribution in [0.15, 0.2) is 12.1 Å². The Kier molecular flexibility index (Phi) is 7.50. The molecule has 2 aliphatic rings. The Balaban J connectivity index is 1.83. The van der Waals surface area contributed by atoms with Crippen molar-refractivity contribution in [3.63, 3.8) is 0 Å². The molecule has 3 rings (SSSR count). The number of ether oxygens (including phenoxy) is 1. The molecule has 2 atom stereocenters. The number of piperidine rings is 1. The number of fused-ring (bicyclic) bond motifs is 3. The van der Waals surface area contributed by atoms with Crippen molar-refractivity contribution < 1.29 is 13.9 Å². The zero-order valence-corrected chi connectivity index (χ0v) is 17.8. The number of aryl methyl sites for hydroxylation is 1. The van der Waals surface area contributed by atoms with Crippen molar-refractivity contribution >= 4 is 5.78 Å². The molecule has 0 radical (unpaired) electrons. The van der Waals surface area contributed by atoms with Crippen molar-refractivity contribution in [2.75, 3.05) is 26.4 Å². The van der Waals surface area contributed by atoms with Gasteiger partial charge < -0.3 is 4.74 Å². The van der Waals surface area contributed by atoms with E-state index < -0.39 is 0 Å². The van der Waals surface area contributed by atoms with Gasteiger partial charge in [0.2, 0.25) is 0 Å². The molecular weight excluding hydrogens is 353 g/mol. The zero-order valence-electron chi connectivity index (χ0n) is 17.8. The van der Waals surface area contributed by atoms with Crippen molar-refractivity contribution in [1.29, 1.82) is 0 Å². The first-order valence-corrected chi connectivity index (χ1v) is 11.1. The predicted molar refractivity (Wildman–Crippen MR) is 112 cm³/mol. The standard InChI is InChI=1S/C24H36FNO2/c1-4-5-7-19-13-21-18(14-24(19)28-11-6-9-25)8-10-26-16-20(12-17(2)3)23(27)15-22(21)26/h13-14,17,20,22H,4-12,15-16H2,1-3H3. The van der Waals surface area contributed by atoms with Gasteiger partial charge in [0.05, 0.1) is 13.3 Å². The third kappa shape index (κ3) is 4.94. The lowest BCUT2D eigenvalue weighted by Crippen LogP contribution is -2.46. The number of ketones is 1. The van der Waals surface area contributed by atoms with Crippen LogP contribution in [0.25, 0.3) is 0 Å². The average Bonchev–Trinajstić information content (AvgIpc) is 2.67. The Hall–Kier alpha value is -1.42. The Morgan fingerprint density at radius 1 is 1.29 bits per heavy atom. The van der Waals surface area contributed by atoms with Crippen molar-refractivity contribution in [1.82, 2.24) is 4.90 Å². The highest BCUT2D eigenvalue weighted by Crippen LogP contribution is 2.41. The number of unbranched alkanes of at least 4 members (excludes halogenated alkanes) is 1. The van der Waals surface area contributed by atoms with E-state index in [9.17, 15) is 9.18 Å². The number of Topliss-reactive ketones (excluding diaryl/α,β-unsaturated/α-hetero) is 1. The Morgan fingerprint density at radius 2 is 2.11 bits per heavy atom. The molecule has 2 aliphatic heterocycles. The average molecular weight is 390 g/mol. The summed E-state index contributed by atoms with van der Waals surface area (Å²) < 4.78 is 18.4. The second-order valence-electron chi connectivity index (χ2n) is 8.91. The second kappa shape index (κ2) is 9.87. The van der Waals surface area contributed by atoms with E-state index in [4.69, 9.17) is 4.74 Å². The predicted octanol–water partition coefficient (Wildman–Crippen LogP) is 5.30. The fourth-order valence-electron chi connectivity index (χ4n) is 4.74. The van der Waals surface area contributed by atoms with Gasteiger partial charge in [-0.15, -0.1) is 0 Å². The summed E-state index contributed by atoms with van der Waals surface area (Å²) in [7, 11) is 0. The van der Waals surface area contributed by atoms with Crippen LogP contribution in [-0.2, 0) is 17.6 Å². The maximum Gasteiger partial charge on any atom is 0.139 e. The van der Waals surface area contributed by atoms with Gasteiger partial charge >= 0.3 is 0 Å². The highest BCUT2D eigenvalue weighted by atomic mass is 19.1. The smallest absolute Gasteiger partial charge is 0.139 e. The van der Waals surface area contributed by atoms with Crippen LogP contribution in [-0.4, -0.2) is 37.1 Å². The molecule has 1 saturated heterocycles. The third-order valence-electron chi connectivity index (χ3n) is 6.19. The molecule has 2 heterocycles. The van der Waals surface area contributed by atoms with Gasteiger partial charge in [-0.3, -0.25) is 14.1 Å². The molecule has 28 heavy (non-hydrogen) atoms. The van der Waals surface area contributed by atoms with Crippen LogP contribution in [0.5, 0.6) is 5.75 Å². The molecular formula is C24H36FNO2. The molecule has 1 aromatic rings. The number of carbonyl (C=O) groups excluding carboxylic acids is 1. The van der Waals surface area contributed by atoms with E-state index in [1.807, 2.05) is 0 Å². The Bertz CT molecular complexity index is 673. The summed E-state index contributed by atoms with van der Waals surface area (Å²) in [6.07, 6.45) is 6.30. The van der Waals surface area contributed by atoms with E-state index in [-0.39, 0.29) is 18.6 Å². The molecule has 2 unspecified atom stereocenters. The second-order valence-corrected chi connectivity index (χ2v) is 8.91. The van der Waals surface area contributed by atoms with Gasteiger partial charge in [0.25, 0.3) is 0 Å². The number of alkyl halides is 1. The fraction of sp³-hybridized carbons (Fsp3) is 0.708. The number of hydrogen-bond donors (Lipinski definition) is 0. The van der Waals surface area contributed by atoms with Crippen LogP contribution in [0.4, 0.5) is 4.39 Å². The first-order valence-electron chi connectivity index (χ1n) is 11.1. The molecule has 0 aliphatic carbocycles. The molecule has 4 heteroatoms. The van der Waals surface area contributed by atoms with Crippen LogP contribution in [0.3, 0.4) is 0 Å². The lowest BCUT2D eigenvalue weighted by molar-refractivity contribution is -0.129. The van der Waals surface area contributed by atoms with Crippen LogP contribution in [0.2, 0.25) is 0 Å².